The van der Waals surface area contributed by atoms with Crippen LogP contribution >= 0.6 is 0 Å². The van der Waals surface area contributed by atoms with Gasteiger partial charge in [0.05, 0.1) is 12.4 Å². The fraction of sp³-hybridized carbons (Fsp3) is 0.600. The molecule has 2 radical (unpaired) electrons. The summed E-state index contributed by atoms with van der Waals surface area (Å²) in [5, 5.41) is 0. The minimum absolute atomic E-state index is 0.269. The van der Waals surface area contributed by atoms with E-state index >= 15 is 0 Å². The van der Waals surface area contributed by atoms with E-state index in [1.807, 2.05) is 18.9 Å². The monoisotopic (exact) mass is 96.1 g/mol. The summed E-state index contributed by atoms with van der Waals surface area (Å²) in [4.78, 5) is 5.84. The molecular weight excluding hydrogens is 88.1 g/mol. The van der Waals surface area contributed by atoms with Gasteiger partial charge in [0.15, 0.2) is 0 Å². The fourth-order valence-electron chi connectivity index (χ4n) is 0.561. The molecule has 0 saturated carbocycles. The molecule has 2 heteroatoms. The minimum atomic E-state index is 0.269. The van der Waals surface area contributed by atoms with Crippen LogP contribution in [-0.4, -0.2) is 24.3 Å². The van der Waals surface area contributed by atoms with Crippen molar-refractivity contribution in [3.8, 4) is 0 Å². The van der Waals surface area contributed by atoms with Crippen molar-refractivity contribution in [1.82, 2.24) is 4.90 Å². The highest BCUT2D eigenvalue weighted by Crippen LogP contribution is 2.03. The van der Waals surface area contributed by atoms with Crippen LogP contribution in [0.1, 0.15) is 6.92 Å². The van der Waals surface area contributed by atoms with E-state index in [9.17, 15) is 0 Å². The molecule has 0 saturated heterocycles. The van der Waals surface area contributed by atoms with Gasteiger partial charge in [0.1, 0.15) is 6.54 Å². The molecule has 0 aromatic carbocycles. The molecule has 1 atom stereocenters. The first kappa shape index (κ1) is 4.62. The second kappa shape index (κ2) is 1.52. The summed E-state index contributed by atoms with van der Waals surface area (Å²) in [7, 11) is 1.92. The highest BCUT2D eigenvalue weighted by molar-refractivity contribution is 5.58. The first-order valence-electron chi connectivity index (χ1n) is 2.31. The number of aliphatic imine (C=N–C) groups is 1. The largest absolute Gasteiger partial charge is 0.353 e. The van der Waals surface area contributed by atoms with Gasteiger partial charge in [-0.3, -0.25) is 4.99 Å². The molecule has 1 aliphatic heterocycles. The SMILES string of the molecule is CC1[C]N(C)C=N1. The standard InChI is InChI=1S/C5H8N2/c1-5-3-7(2)4-6-5/h4-5H,1-2H3. The van der Waals surface area contributed by atoms with E-state index in [1.54, 1.807) is 6.34 Å². The lowest BCUT2D eigenvalue weighted by molar-refractivity contribution is 0.616. The molecule has 1 aliphatic rings. The summed E-state index contributed by atoms with van der Waals surface area (Å²) in [5.41, 5.74) is 0. The predicted molar refractivity (Wildman–Crippen MR) is 29.0 cm³/mol. The van der Waals surface area contributed by atoms with Crippen molar-refractivity contribution >= 4 is 6.34 Å². The van der Waals surface area contributed by atoms with Gasteiger partial charge in [-0.15, -0.1) is 0 Å². The molecule has 1 unspecified atom stereocenters. The Morgan fingerprint density at radius 3 is 2.71 bits per heavy atom. The zero-order valence-corrected chi connectivity index (χ0v) is 4.55. The third-order valence-corrected chi connectivity index (χ3v) is 0.854. The highest BCUT2D eigenvalue weighted by Gasteiger charge is 2.08. The van der Waals surface area contributed by atoms with Crippen molar-refractivity contribution in [2.45, 2.75) is 13.0 Å². The molecule has 7 heavy (non-hydrogen) atoms. The van der Waals surface area contributed by atoms with E-state index in [0.717, 1.165) is 0 Å². The maximum atomic E-state index is 4.01. The Balaban J connectivity index is 2.42. The Morgan fingerprint density at radius 2 is 2.57 bits per heavy atom. The molecule has 1 rings (SSSR count). The number of nitrogens with zero attached hydrogens (tertiary/aromatic N) is 2. The molecule has 1 heterocycles. The van der Waals surface area contributed by atoms with Gasteiger partial charge in [-0.1, -0.05) is 0 Å². The number of likely N-dealkylation sites (N-methyl/N-ethyl adjacent to an activating group) is 1. The predicted octanol–water partition coefficient (Wildman–Crippen LogP) is 0.387. The van der Waals surface area contributed by atoms with Crippen molar-refractivity contribution in [3.63, 3.8) is 0 Å². The van der Waals surface area contributed by atoms with Crippen molar-refractivity contribution in [2.24, 2.45) is 4.99 Å². The van der Waals surface area contributed by atoms with Crippen LogP contribution in [0.25, 0.3) is 0 Å². The first-order valence-corrected chi connectivity index (χ1v) is 2.31. The lowest BCUT2D eigenvalue weighted by atomic mass is 10.4. The molecule has 0 bridgehead atoms. The molecule has 2 nitrogen and oxygen atoms in total. The second-order valence-electron chi connectivity index (χ2n) is 1.68. The summed E-state index contributed by atoms with van der Waals surface area (Å²) >= 11 is 0. The van der Waals surface area contributed by atoms with Gasteiger partial charge in [-0.2, -0.15) is 0 Å². The normalized spacial score (nSPS) is 29.4. The molecule has 0 amide bonds. The van der Waals surface area contributed by atoms with Crippen LogP contribution in [0.2, 0.25) is 0 Å². The molecular formula is C5H8N2. The van der Waals surface area contributed by atoms with Gasteiger partial charge in [0, 0.05) is 7.05 Å². The maximum absolute atomic E-state index is 4.01. The van der Waals surface area contributed by atoms with Gasteiger partial charge >= 0.3 is 0 Å². The second-order valence-corrected chi connectivity index (χ2v) is 1.68. The highest BCUT2D eigenvalue weighted by atomic mass is 15.2. The first-order chi connectivity index (χ1) is 3.29. The van der Waals surface area contributed by atoms with E-state index < -0.39 is 0 Å². The van der Waals surface area contributed by atoms with Gasteiger partial charge in [0.25, 0.3) is 0 Å². The van der Waals surface area contributed by atoms with Crippen LogP contribution in [0.15, 0.2) is 4.99 Å². The Hall–Kier alpha value is -0.530. The Labute approximate surface area is 43.8 Å². The quantitative estimate of drug-likeness (QED) is 0.426. The fourth-order valence-corrected chi connectivity index (χ4v) is 0.561. The van der Waals surface area contributed by atoms with E-state index in [4.69, 9.17) is 0 Å². The van der Waals surface area contributed by atoms with Crippen LogP contribution in [0.5, 0.6) is 0 Å². The molecule has 0 fully saturated rings. The van der Waals surface area contributed by atoms with Crippen LogP contribution in [-0.2, 0) is 0 Å². The maximum Gasteiger partial charge on any atom is 0.118 e. The third kappa shape index (κ3) is 0.918. The van der Waals surface area contributed by atoms with Gasteiger partial charge < -0.3 is 4.90 Å². The average molecular weight is 96.1 g/mol. The van der Waals surface area contributed by atoms with Crippen LogP contribution < -0.4 is 0 Å². The van der Waals surface area contributed by atoms with Crippen LogP contribution in [0, 0.1) is 6.54 Å². The molecule has 0 N–H and O–H groups in total. The van der Waals surface area contributed by atoms with Gasteiger partial charge in [-0.25, -0.2) is 0 Å². The summed E-state index contributed by atoms with van der Waals surface area (Å²) < 4.78 is 0. The minimum Gasteiger partial charge on any atom is -0.353 e. The molecule has 0 spiro atoms. The summed E-state index contributed by atoms with van der Waals surface area (Å²) in [6.45, 7) is 5.03. The van der Waals surface area contributed by atoms with Crippen molar-refractivity contribution in [1.29, 1.82) is 0 Å². The van der Waals surface area contributed by atoms with Crippen LogP contribution in [0.3, 0.4) is 0 Å². The number of hydrogen-bond acceptors (Lipinski definition) is 2. The van der Waals surface area contributed by atoms with Crippen molar-refractivity contribution in [3.05, 3.63) is 6.54 Å². The number of hydrogen-bond donors (Lipinski definition) is 0. The average Bonchev–Trinajstić information content (AvgIpc) is 1.87. The van der Waals surface area contributed by atoms with Crippen LogP contribution in [0.4, 0.5) is 0 Å². The Morgan fingerprint density at radius 1 is 1.86 bits per heavy atom. The number of rotatable bonds is 0. The summed E-state index contributed by atoms with van der Waals surface area (Å²) in [6.07, 6.45) is 1.77. The zero-order chi connectivity index (χ0) is 5.28. The lowest BCUT2D eigenvalue weighted by Crippen LogP contribution is -2.09. The molecule has 0 aromatic heterocycles. The Bertz CT molecular complexity index is 78.1. The van der Waals surface area contributed by atoms with Gasteiger partial charge in [-0.05, 0) is 6.92 Å². The Kier molecular flexibility index (Phi) is 1.01. The summed E-state index contributed by atoms with van der Waals surface area (Å²) in [5.74, 6) is 0. The van der Waals surface area contributed by atoms with E-state index in [-0.39, 0.29) is 6.04 Å². The van der Waals surface area contributed by atoms with E-state index in [2.05, 4.69) is 11.5 Å². The van der Waals surface area contributed by atoms with E-state index in [1.165, 1.54) is 0 Å². The summed E-state index contributed by atoms with van der Waals surface area (Å²) in [6, 6.07) is 0.269. The smallest absolute Gasteiger partial charge is 0.118 e. The third-order valence-electron chi connectivity index (χ3n) is 0.854. The van der Waals surface area contributed by atoms with Crippen molar-refractivity contribution in [2.75, 3.05) is 7.05 Å². The van der Waals surface area contributed by atoms with E-state index in [0.29, 0.717) is 0 Å². The van der Waals surface area contributed by atoms with Gasteiger partial charge in [0.2, 0.25) is 0 Å². The van der Waals surface area contributed by atoms with Crippen molar-refractivity contribution < 1.29 is 0 Å². The zero-order valence-electron chi connectivity index (χ0n) is 4.55. The molecule has 0 aliphatic carbocycles. The molecule has 38 valence electrons. The lowest BCUT2D eigenvalue weighted by Gasteiger charge is -2.01. The topological polar surface area (TPSA) is 15.6 Å². The molecule has 0 aromatic rings.